The second kappa shape index (κ2) is 11.7. The summed E-state index contributed by atoms with van der Waals surface area (Å²) in [4.78, 5) is 15.2. The van der Waals surface area contributed by atoms with Crippen LogP contribution in [-0.2, 0) is 0 Å². The molecule has 0 atom stereocenters. The van der Waals surface area contributed by atoms with Crippen LogP contribution in [-0.4, -0.2) is 15.0 Å². The van der Waals surface area contributed by atoms with Crippen molar-refractivity contribution >= 4 is 65.0 Å². The Bertz CT molecular complexity index is 3240. The van der Waals surface area contributed by atoms with Crippen LogP contribution in [0, 0.1) is 0 Å². The third kappa shape index (κ3) is 4.80. The summed E-state index contributed by atoms with van der Waals surface area (Å²) < 4.78 is 6.67. The normalized spacial score (nSPS) is 11.8. The Balaban J connectivity index is 1.12. The first-order valence-electron chi connectivity index (χ1n) is 17.9. The molecule has 0 amide bonds. The summed E-state index contributed by atoms with van der Waals surface area (Å²) in [6, 6.07) is 61.7. The van der Waals surface area contributed by atoms with E-state index in [2.05, 4.69) is 133 Å². The van der Waals surface area contributed by atoms with Crippen molar-refractivity contribution in [1.29, 1.82) is 0 Å². The Labute approximate surface area is 304 Å². The van der Waals surface area contributed by atoms with Gasteiger partial charge in [0.15, 0.2) is 17.5 Å². The van der Waals surface area contributed by atoms with E-state index in [0.717, 1.165) is 49.6 Å². The Kier molecular flexibility index (Phi) is 6.52. The minimum atomic E-state index is 0.603. The van der Waals surface area contributed by atoms with Crippen molar-refractivity contribution in [1.82, 2.24) is 15.0 Å². The van der Waals surface area contributed by atoms with E-state index in [4.69, 9.17) is 19.4 Å². The largest absolute Gasteiger partial charge is 0.456 e. The predicted octanol–water partition coefficient (Wildman–Crippen LogP) is 13.1. The molecule has 0 bridgehead atoms. The summed E-state index contributed by atoms with van der Waals surface area (Å²) in [7, 11) is 0. The number of nitrogens with zero attached hydrogens (tertiary/aromatic N) is 3. The van der Waals surface area contributed by atoms with Crippen LogP contribution in [0.25, 0.3) is 110 Å². The van der Waals surface area contributed by atoms with Gasteiger partial charge in [0.25, 0.3) is 0 Å². The molecular formula is C49H29N3O. The maximum Gasteiger partial charge on any atom is 0.164 e. The minimum absolute atomic E-state index is 0.603. The highest BCUT2D eigenvalue weighted by atomic mass is 16.3. The number of aromatic nitrogens is 3. The van der Waals surface area contributed by atoms with Crippen LogP contribution in [0.3, 0.4) is 0 Å². The molecule has 2 heterocycles. The van der Waals surface area contributed by atoms with E-state index in [1.54, 1.807) is 0 Å². The first-order chi connectivity index (χ1) is 26.2. The first-order valence-corrected chi connectivity index (χ1v) is 17.9. The molecule has 0 aliphatic carbocycles. The van der Waals surface area contributed by atoms with Gasteiger partial charge in [0.1, 0.15) is 11.2 Å². The van der Waals surface area contributed by atoms with Gasteiger partial charge in [-0.05, 0) is 84.5 Å². The van der Waals surface area contributed by atoms with Crippen molar-refractivity contribution in [3.05, 3.63) is 176 Å². The van der Waals surface area contributed by atoms with E-state index >= 15 is 0 Å². The predicted molar refractivity (Wildman–Crippen MR) is 219 cm³/mol. The fourth-order valence-electron chi connectivity index (χ4n) is 7.96. The average Bonchev–Trinajstić information content (AvgIpc) is 3.61. The van der Waals surface area contributed by atoms with E-state index < -0.39 is 0 Å². The van der Waals surface area contributed by atoms with Crippen LogP contribution in [0.5, 0.6) is 0 Å². The monoisotopic (exact) mass is 675 g/mol. The summed E-state index contributed by atoms with van der Waals surface area (Å²) in [6.45, 7) is 0. The van der Waals surface area contributed by atoms with Gasteiger partial charge in [-0.3, -0.25) is 0 Å². The van der Waals surface area contributed by atoms with Crippen LogP contribution in [0.1, 0.15) is 0 Å². The second-order valence-corrected chi connectivity index (χ2v) is 13.6. The van der Waals surface area contributed by atoms with E-state index in [1.165, 1.54) is 43.3 Å². The number of hydrogen-bond donors (Lipinski definition) is 0. The molecule has 2 aromatic heterocycles. The topological polar surface area (TPSA) is 51.8 Å². The Morgan fingerprint density at radius 1 is 0.302 bits per heavy atom. The molecule has 9 aromatic carbocycles. The van der Waals surface area contributed by atoms with Crippen LogP contribution in [0.2, 0.25) is 0 Å². The number of fused-ring (bicyclic) bond motifs is 9. The van der Waals surface area contributed by atoms with Crippen molar-refractivity contribution < 1.29 is 4.42 Å². The van der Waals surface area contributed by atoms with Gasteiger partial charge in [-0.15, -0.1) is 0 Å². The standard InChI is InChI=1S/C49H29N3O/c1-2-13-32(14-3-1)47-50-48(36-22-21-30-11-4-5-15-33(30)27-36)52-49(51-47)41-19-10-20-43-46(41)40-26-24-35(29-44(40)53-43)42-28-34-16-7-8-17-37(34)39-25-23-31-12-6-9-18-38(31)45(39)42/h1-29H. The fourth-order valence-corrected chi connectivity index (χ4v) is 7.96. The highest BCUT2D eigenvalue weighted by Gasteiger charge is 2.19. The third-order valence-electron chi connectivity index (χ3n) is 10.5. The molecule has 0 spiro atoms. The van der Waals surface area contributed by atoms with E-state index in [0.29, 0.717) is 17.5 Å². The number of benzene rings is 9. The molecule has 11 rings (SSSR count). The molecular weight excluding hydrogens is 647 g/mol. The number of hydrogen-bond acceptors (Lipinski definition) is 4. The van der Waals surface area contributed by atoms with E-state index in [1.807, 2.05) is 42.5 Å². The Hall–Kier alpha value is -7.17. The zero-order valence-corrected chi connectivity index (χ0v) is 28.5. The maximum atomic E-state index is 6.67. The quantitative estimate of drug-likeness (QED) is 0.174. The van der Waals surface area contributed by atoms with Crippen molar-refractivity contribution in [2.24, 2.45) is 0 Å². The molecule has 0 aliphatic heterocycles. The van der Waals surface area contributed by atoms with Gasteiger partial charge in [-0.1, -0.05) is 146 Å². The molecule has 4 nitrogen and oxygen atoms in total. The van der Waals surface area contributed by atoms with Gasteiger partial charge in [0.05, 0.1) is 0 Å². The lowest BCUT2D eigenvalue weighted by Gasteiger charge is -2.14. The smallest absolute Gasteiger partial charge is 0.164 e. The average molecular weight is 676 g/mol. The second-order valence-electron chi connectivity index (χ2n) is 13.6. The molecule has 11 aromatic rings. The molecule has 246 valence electrons. The zero-order valence-electron chi connectivity index (χ0n) is 28.5. The van der Waals surface area contributed by atoms with Crippen LogP contribution < -0.4 is 0 Å². The lowest BCUT2D eigenvalue weighted by atomic mass is 9.89. The SMILES string of the molecule is c1ccc(-c2nc(-c3ccc4ccccc4c3)nc(-c3cccc4oc5cc(-c6cc7ccccc7c7ccc8ccccc8c67)ccc5c34)n2)cc1. The van der Waals surface area contributed by atoms with Crippen LogP contribution in [0.4, 0.5) is 0 Å². The van der Waals surface area contributed by atoms with Crippen LogP contribution >= 0.6 is 0 Å². The summed E-state index contributed by atoms with van der Waals surface area (Å²) in [5.41, 5.74) is 6.67. The van der Waals surface area contributed by atoms with Crippen LogP contribution in [0.15, 0.2) is 180 Å². The summed E-state index contributed by atoms with van der Waals surface area (Å²) in [5, 5.41) is 11.7. The third-order valence-corrected chi connectivity index (χ3v) is 10.5. The highest BCUT2D eigenvalue weighted by Crippen LogP contribution is 2.42. The lowest BCUT2D eigenvalue weighted by Crippen LogP contribution is -2.00. The molecule has 53 heavy (non-hydrogen) atoms. The Morgan fingerprint density at radius 2 is 0.962 bits per heavy atom. The zero-order chi connectivity index (χ0) is 34.9. The molecule has 0 N–H and O–H groups in total. The van der Waals surface area contributed by atoms with E-state index in [-0.39, 0.29) is 0 Å². The Morgan fingerprint density at radius 3 is 1.83 bits per heavy atom. The van der Waals surface area contributed by atoms with Crippen molar-refractivity contribution in [2.75, 3.05) is 0 Å². The summed E-state index contributed by atoms with van der Waals surface area (Å²) in [5.74, 6) is 1.86. The maximum absolute atomic E-state index is 6.67. The fraction of sp³-hybridized carbons (Fsp3) is 0. The number of rotatable bonds is 4. The van der Waals surface area contributed by atoms with Gasteiger partial charge in [0.2, 0.25) is 0 Å². The van der Waals surface area contributed by atoms with Crippen molar-refractivity contribution in [2.45, 2.75) is 0 Å². The minimum Gasteiger partial charge on any atom is -0.456 e. The van der Waals surface area contributed by atoms with Gasteiger partial charge in [-0.2, -0.15) is 0 Å². The van der Waals surface area contributed by atoms with Gasteiger partial charge >= 0.3 is 0 Å². The van der Waals surface area contributed by atoms with Gasteiger partial charge in [-0.25, -0.2) is 15.0 Å². The van der Waals surface area contributed by atoms with E-state index in [9.17, 15) is 0 Å². The lowest BCUT2D eigenvalue weighted by molar-refractivity contribution is 0.669. The molecule has 0 unspecified atom stereocenters. The summed E-state index contributed by atoms with van der Waals surface area (Å²) >= 11 is 0. The van der Waals surface area contributed by atoms with Gasteiger partial charge in [0, 0.05) is 27.5 Å². The summed E-state index contributed by atoms with van der Waals surface area (Å²) in [6.07, 6.45) is 0. The molecule has 0 radical (unpaired) electrons. The highest BCUT2D eigenvalue weighted by molar-refractivity contribution is 6.23. The molecule has 0 fully saturated rings. The number of furan rings is 1. The molecule has 0 saturated heterocycles. The van der Waals surface area contributed by atoms with Gasteiger partial charge < -0.3 is 4.42 Å². The van der Waals surface area contributed by atoms with Crippen molar-refractivity contribution in [3.8, 4) is 45.3 Å². The molecule has 4 heteroatoms. The van der Waals surface area contributed by atoms with Crippen molar-refractivity contribution in [3.63, 3.8) is 0 Å². The molecule has 0 saturated carbocycles. The first kappa shape index (κ1) is 29.5. The molecule has 0 aliphatic rings.